The van der Waals surface area contributed by atoms with Gasteiger partial charge in [0.1, 0.15) is 0 Å². The van der Waals surface area contributed by atoms with Crippen LogP contribution in [0.15, 0.2) is 97.1 Å². The Morgan fingerprint density at radius 1 is 0.594 bits per heavy atom. The van der Waals surface area contributed by atoms with E-state index >= 15 is 0 Å². The van der Waals surface area contributed by atoms with Crippen LogP contribution in [0.5, 0.6) is 0 Å². The molecule has 32 heavy (non-hydrogen) atoms. The van der Waals surface area contributed by atoms with Crippen LogP contribution < -0.4 is 10.6 Å². The summed E-state index contributed by atoms with van der Waals surface area (Å²) >= 11 is 0. The van der Waals surface area contributed by atoms with Gasteiger partial charge in [-0.05, 0) is 53.6 Å². The highest BCUT2D eigenvalue weighted by molar-refractivity contribution is 7.72. The van der Waals surface area contributed by atoms with E-state index in [0.717, 1.165) is 17.5 Å². The molecule has 1 heterocycles. The van der Waals surface area contributed by atoms with Gasteiger partial charge in [0.25, 0.3) is 0 Å². The number of benzene rings is 3. The second-order valence-electron chi connectivity index (χ2n) is 8.89. The van der Waals surface area contributed by atoms with Gasteiger partial charge < -0.3 is 0 Å². The first-order valence-electron chi connectivity index (χ1n) is 11.5. The SMILES string of the molecule is CC(C)c1cccc(C(C)C)c1-c1cccc(CP(c2ccccc2)c2ccccc2)n1. The lowest BCUT2D eigenvalue weighted by Gasteiger charge is -2.21. The summed E-state index contributed by atoms with van der Waals surface area (Å²) in [6, 6.07) is 35.1. The molecule has 0 saturated carbocycles. The van der Waals surface area contributed by atoms with Crippen LogP contribution in [0.3, 0.4) is 0 Å². The van der Waals surface area contributed by atoms with Crippen molar-refractivity contribution in [1.82, 2.24) is 4.98 Å². The maximum atomic E-state index is 5.24. The summed E-state index contributed by atoms with van der Waals surface area (Å²) in [5.41, 5.74) is 6.35. The van der Waals surface area contributed by atoms with Crippen LogP contribution in [0, 0.1) is 0 Å². The van der Waals surface area contributed by atoms with Crippen molar-refractivity contribution in [3.63, 3.8) is 0 Å². The molecule has 0 amide bonds. The molecule has 3 aromatic carbocycles. The van der Waals surface area contributed by atoms with E-state index in [1.165, 1.54) is 27.3 Å². The van der Waals surface area contributed by atoms with Gasteiger partial charge >= 0.3 is 0 Å². The summed E-state index contributed by atoms with van der Waals surface area (Å²) in [4.78, 5) is 5.24. The van der Waals surface area contributed by atoms with Gasteiger partial charge in [0.05, 0.1) is 5.69 Å². The molecule has 162 valence electrons. The normalized spacial score (nSPS) is 11.5. The number of aromatic nitrogens is 1. The van der Waals surface area contributed by atoms with Crippen LogP contribution in [0.2, 0.25) is 0 Å². The minimum atomic E-state index is -0.511. The van der Waals surface area contributed by atoms with E-state index in [2.05, 4.69) is 125 Å². The highest BCUT2D eigenvalue weighted by atomic mass is 31.1. The molecule has 4 aromatic rings. The summed E-state index contributed by atoms with van der Waals surface area (Å²) in [7, 11) is -0.511. The van der Waals surface area contributed by atoms with E-state index in [9.17, 15) is 0 Å². The van der Waals surface area contributed by atoms with Gasteiger partial charge in [-0.3, -0.25) is 4.98 Å². The Bertz CT molecular complexity index is 1080. The molecule has 2 heteroatoms. The Hall–Kier alpha value is -2.76. The topological polar surface area (TPSA) is 12.9 Å². The smallest absolute Gasteiger partial charge is 0.0711 e. The molecule has 1 aromatic heterocycles. The molecule has 0 radical (unpaired) electrons. The van der Waals surface area contributed by atoms with Crippen molar-refractivity contribution in [3.8, 4) is 11.3 Å². The molecule has 1 nitrogen and oxygen atoms in total. The van der Waals surface area contributed by atoms with Crippen molar-refractivity contribution in [2.75, 3.05) is 0 Å². The largest absolute Gasteiger partial charge is 0.252 e. The van der Waals surface area contributed by atoms with Gasteiger partial charge in [-0.25, -0.2) is 0 Å². The van der Waals surface area contributed by atoms with Crippen LogP contribution in [0.4, 0.5) is 0 Å². The summed E-state index contributed by atoms with van der Waals surface area (Å²) in [5, 5.41) is 2.79. The van der Waals surface area contributed by atoms with Crippen molar-refractivity contribution in [2.24, 2.45) is 0 Å². The molecule has 0 aliphatic rings. The first-order chi connectivity index (χ1) is 15.5. The molecular formula is C30H32NP. The maximum absolute atomic E-state index is 5.24. The zero-order valence-corrected chi connectivity index (χ0v) is 20.4. The standard InChI is InChI=1S/C30H32NP/c1-22(2)27-18-12-19-28(23(3)4)30(27)29-20-11-13-24(31-29)21-32(25-14-7-5-8-15-25)26-16-9-6-10-17-26/h5-20,22-23H,21H2,1-4H3. The molecule has 4 rings (SSSR count). The Morgan fingerprint density at radius 3 is 1.59 bits per heavy atom. The summed E-state index contributed by atoms with van der Waals surface area (Å²) in [6.07, 6.45) is 0.943. The first kappa shape index (κ1) is 22.4. The third-order valence-corrected chi connectivity index (χ3v) is 8.37. The van der Waals surface area contributed by atoms with E-state index in [1.807, 2.05) is 0 Å². The van der Waals surface area contributed by atoms with Crippen LogP contribution in [0.25, 0.3) is 11.3 Å². The molecular weight excluding hydrogens is 405 g/mol. The van der Waals surface area contributed by atoms with Crippen LogP contribution >= 0.6 is 7.92 Å². The Morgan fingerprint density at radius 2 is 1.09 bits per heavy atom. The second kappa shape index (κ2) is 10.2. The van der Waals surface area contributed by atoms with E-state index < -0.39 is 7.92 Å². The molecule has 0 aliphatic heterocycles. The average molecular weight is 438 g/mol. The number of nitrogens with zero attached hydrogens (tertiary/aromatic N) is 1. The highest BCUT2D eigenvalue weighted by Gasteiger charge is 2.19. The van der Waals surface area contributed by atoms with Crippen molar-refractivity contribution < 1.29 is 0 Å². The average Bonchev–Trinajstić information content (AvgIpc) is 2.83. The van der Waals surface area contributed by atoms with Crippen LogP contribution in [-0.4, -0.2) is 4.98 Å². The summed E-state index contributed by atoms with van der Waals surface area (Å²) in [6.45, 7) is 9.10. The van der Waals surface area contributed by atoms with Crippen molar-refractivity contribution in [1.29, 1.82) is 0 Å². The monoisotopic (exact) mass is 437 g/mol. The summed E-state index contributed by atoms with van der Waals surface area (Å²) < 4.78 is 0. The predicted octanol–water partition coefficient (Wildman–Crippen LogP) is 7.63. The van der Waals surface area contributed by atoms with Gasteiger partial charge in [-0.1, -0.05) is 113 Å². The molecule has 0 N–H and O–H groups in total. The van der Waals surface area contributed by atoms with Crippen molar-refractivity contribution in [3.05, 3.63) is 114 Å². The van der Waals surface area contributed by atoms with Crippen molar-refractivity contribution >= 4 is 18.5 Å². The van der Waals surface area contributed by atoms with E-state index in [4.69, 9.17) is 4.98 Å². The summed E-state index contributed by atoms with van der Waals surface area (Å²) in [5.74, 6) is 0.917. The first-order valence-corrected chi connectivity index (χ1v) is 13.0. The lowest BCUT2D eigenvalue weighted by molar-refractivity contribution is 0.836. The fourth-order valence-electron chi connectivity index (χ4n) is 4.26. The maximum Gasteiger partial charge on any atom is 0.0711 e. The number of rotatable bonds is 7. The zero-order chi connectivity index (χ0) is 22.5. The molecule has 0 fully saturated rings. The van der Waals surface area contributed by atoms with Gasteiger partial charge in [0.15, 0.2) is 0 Å². The number of hydrogen-bond acceptors (Lipinski definition) is 1. The fraction of sp³-hybridized carbons (Fsp3) is 0.233. The van der Waals surface area contributed by atoms with Crippen LogP contribution in [0.1, 0.15) is 56.4 Å². The lowest BCUT2D eigenvalue weighted by atomic mass is 9.87. The molecule has 0 unspecified atom stereocenters. The Labute approximate surface area is 194 Å². The third-order valence-electron chi connectivity index (χ3n) is 5.89. The van der Waals surface area contributed by atoms with Crippen molar-refractivity contribution in [2.45, 2.75) is 45.7 Å². The molecule has 0 bridgehead atoms. The van der Waals surface area contributed by atoms with Crippen LogP contribution in [-0.2, 0) is 6.16 Å². The van der Waals surface area contributed by atoms with Gasteiger partial charge in [-0.2, -0.15) is 0 Å². The minimum Gasteiger partial charge on any atom is -0.252 e. The van der Waals surface area contributed by atoms with Gasteiger partial charge in [0.2, 0.25) is 0 Å². The Balaban J connectivity index is 1.77. The third kappa shape index (κ3) is 5.00. The van der Waals surface area contributed by atoms with E-state index in [0.29, 0.717) is 11.8 Å². The molecule has 0 aliphatic carbocycles. The zero-order valence-electron chi connectivity index (χ0n) is 19.5. The molecule has 0 atom stereocenters. The van der Waals surface area contributed by atoms with Gasteiger partial charge in [-0.15, -0.1) is 0 Å². The molecule has 0 saturated heterocycles. The lowest BCUT2D eigenvalue weighted by Crippen LogP contribution is -2.13. The minimum absolute atomic E-state index is 0.458. The predicted molar refractivity (Wildman–Crippen MR) is 141 cm³/mol. The second-order valence-corrected chi connectivity index (χ2v) is 11.1. The molecule has 0 spiro atoms. The Kier molecular flexibility index (Phi) is 7.18. The fourth-order valence-corrected chi connectivity index (χ4v) is 6.49. The highest BCUT2D eigenvalue weighted by Crippen LogP contribution is 2.39. The van der Waals surface area contributed by atoms with E-state index in [1.54, 1.807) is 0 Å². The van der Waals surface area contributed by atoms with E-state index in [-0.39, 0.29) is 0 Å². The van der Waals surface area contributed by atoms with Gasteiger partial charge in [0, 0.05) is 17.4 Å². The quantitative estimate of drug-likeness (QED) is 0.271. The number of hydrogen-bond donors (Lipinski definition) is 0. The number of pyridine rings is 1.